The normalized spacial score (nSPS) is 21.1. The molecule has 1 heterocycles. The van der Waals surface area contributed by atoms with Crippen molar-refractivity contribution in [3.8, 4) is 11.5 Å². The quantitative estimate of drug-likeness (QED) is 0.454. The van der Waals surface area contributed by atoms with E-state index in [2.05, 4.69) is 11.9 Å². The third-order valence-electron chi connectivity index (χ3n) is 5.54. The number of esters is 1. The number of rotatable bonds is 8. The summed E-state index contributed by atoms with van der Waals surface area (Å²) in [5.74, 6) is 1.48. The minimum absolute atomic E-state index is 0.0433. The lowest BCUT2D eigenvalue weighted by atomic mass is 9.71. The van der Waals surface area contributed by atoms with Gasteiger partial charge in [0.25, 0.3) is 0 Å². The molecule has 0 N–H and O–H groups in total. The zero-order valence-electron chi connectivity index (χ0n) is 18.0. The molecule has 1 aliphatic carbocycles. The SMILES string of the molecule is CCSCCOC(=O)C1C(C)=NC2=C(C(=O)CCC2)[C@@H]1c1cc(OC)ccc1OC. The van der Waals surface area contributed by atoms with Crippen LogP contribution in [0.4, 0.5) is 0 Å². The van der Waals surface area contributed by atoms with Crippen LogP contribution in [0, 0.1) is 5.92 Å². The summed E-state index contributed by atoms with van der Waals surface area (Å²) in [5, 5.41) is 0. The van der Waals surface area contributed by atoms with Crippen LogP contribution in [0.15, 0.2) is 34.5 Å². The number of benzene rings is 1. The van der Waals surface area contributed by atoms with Crippen LogP contribution in [0.3, 0.4) is 0 Å². The van der Waals surface area contributed by atoms with Crippen LogP contribution in [0.5, 0.6) is 11.5 Å². The fourth-order valence-electron chi connectivity index (χ4n) is 4.17. The lowest BCUT2D eigenvalue weighted by molar-refractivity contribution is -0.145. The van der Waals surface area contributed by atoms with Crippen LogP contribution in [-0.4, -0.2) is 49.8 Å². The summed E-state index contributed by atoms with van der Waals surface area (Å²) in [4.78, 5) is 30.8. The number of carbonyl (C=O) groups excluding carboxylic acids is 2. The molecule has 2 atom stereocenters. The predicted molar refractivity (Wildman–Crippen MR) is 119 cm³/mol. The van der Waals surface area contributed by atoms with Gasteiger partial charge in [0.15, 0.2) is 5.78 Å². The first-order valence-electron chi connectivity index (χ1n) is 10.3. The Morgan fingerprint density at radius 2 is 2.03 bits per heavy atom. The van der Waals surface area contributed by atoms with E-state index in [-0.39, 0.29) is 11.8 Å². The summed E-state index contributed by atoms with van der Waals surface area (Å²) in [5.41, 5.74) is 2.82. The fourth-order valence-corrected chi connectivity index (χ4v) is 4.66. The number of aliphatic imine (C=N–C) groups is 1. The van der Waals surface area contributed by atoms with E-state index < -0.39 is 11.8 Å². The average Bonchev–Trinajstić information content (AvgIpc) is 2.75. The van der Waals surface area contributed by atoms with Gasteiger partial charge in [-0.15, -0.1) is 0 Å². The first kappa shape index (κ1) is 22.4. The van der Waals surface area contributed by atoms with Crippen molar-refractivity contribution in [2.45, 2.75) is 39.0 Å². The van der Waals surface area contributed by atoms with Gasteiger partial charge in [-0.05, 0) is 43.7 Å². The number of hydrogen-bond donors (Lipinski definition) is 0. The summed E-state index contributed by atoms with van der Waals surface area (Å²) < 4.78 is 16.6. The third kappa shape index (κ3) is 4.56. The molecule has 2 aliphatic rings. The molecule has 0 spiro atoms. The summed E-state index contributed by atoms with van der Waals surface area (Å²) in [6.07, 6.45) is 1.97. The minimum atomic E-state index is -0.668. The Labute approximate surface area is 182 Å². The molecule has 1 unspecified atom stereocenters. The number of hydrogen-bond acceptors (Lipinski definition) is 7. The van der Waals surface area contributed by atoms with E-state index in [1.165, 1.54) is 0 Å². The van der Waals surface area contributed by atoms with Gasteiger partial charge in [0.05, 0.1) is 14.2 Å². The van der Waals surface area contributed by atoms with Crippen LogP contribution in [0.25, 0.3) is 0 Å². The molecule has 0 saturated heterocycles. The zero-order chi connectivity index (χ0) is 21.7. The van der Waals surface area contributed by atoms with E-state index in [9.17, 15) is 9.59 Å². The van der Waals surface area contributed by atoms with Crippen molar-refractivity contribution in [2.75, 3.05) is 32.3 Å². The molecule has 0 radical (unpaired) electrons. The Kier molecular flexibility index (Phi) is 7.58. The number of Topliss-reactive ketones (excluding diaryl/α,β-unsaturated/α-hetero) is 1. The smallest absolute Gasteiger partial charge is 0.315 e. The first-order valence-corrected chi connectivity index (χ1v) is 11.4. The van der Waals surface area contributed by atoms with Crippen LogP contribution < -0.4 is 9.47 Å². The highest BCUT2D eigenvalue weighted by molar-refractivity contribution is 7.99. The molecule has 1 aliphatic heterocycles. The van der Waals surface area contributed by atoms with Crippen molar-refractivity contribution in [2.24, 2.45) is 10.9 Å². The Hall–Kier alpha value is -2.28. The van der Waals surface area contributed by atoms with Crippen molar-refractivity contribution in [3.63, 3.8) is 0 Å². The first-order chi connectivity index (χ1) is 14.5. The number of carbonyl (C=O) groups is 2. The van der Waals surface area contributed by atoms with Crippen molar-refractivity contribution in [3.05, 3.63) is 35.0 Å². The second-order valence-corrected chi connectivity index (χ2v) is 8.71. The van der Waals surface area contributed by atoms with E-state index in [0.717, 1.165) is 35.6 Å². The lowest BCUT2D eigenvalue weighted by Gasteiger charge is -2.35. The Bertz CT molecular complexity index is 876. The van der Waals surface area contributed by atoms with Crippen molar-refractivity contribution >= 4 is 29.2 Å². The summed E-state index contributed by atoms with van der Waals surface area (Å²) in [7, 11) is 3.18. The Balaban J connectivity index is 2.07. The molecule has 0 bridgehead atoms. The van der Waals surface area contributed by atoms with E-state index in [1.807, 2.05) is 19.1 Å². The van der Waals surface area contributed by atoms with Gasteiger partial charge in [0.1, 0.15) is 24.0 Å². The van der Waals surface area contributed by atoms with Gasteiger partial charge in [0, 0.05) is 40.6 Å². The molecule has 6 nitrogen and oxygen atoms in total. The summed E-state index contributed by atoms with van der Waals surface area (Å²) >= 11 is 1.72. The number of ether oxygens (including phenoxy) is 3. The Morgan fingerprint density at radius 1 is 1.23 bits per heavy atom. The highest BCUT2D eigenvalue weighted by Crippen LogP contribution is 2.47. The molecule has 0 aromatic heterocycles. The number of nitrogens with zero attached hydrogens (tertiary/aromatic N) is 1. The standard InChI is InChI=1S/C23H29NO5S/c1-5-30-12-11-29-23(26)20-14(2)24-17-7-6-8-18(25)22(17)21(20)16-13-15(27-3)9-10-19(16)28-4/h9-10,13,20-21H,5-8,11-12H2,1-4H3/t20?,21-/m1/s1. The summed E-state index contributed by atoms with van der Waals surface area (Å²) in [6.45, 7) is 4.25. The third-order valence-corrected chi connectivity index (χ3v) is 6.40. The minimum Gasteiger partial charge on any atom is -0.497 e. The fraction of sp³-hybridized carbons (Fsp3) is 0.522. The highest BCUT2D eigenvalue weighted by atomic mass is 32.2. The number of thioether (sulfide) groups is 1. The molecule has 1 aromatic rings. The van der Waals surface area contributed by atoms with Crippen LogP contribution >= 0.6 is 11.8 Å². The second kappa shape index (κ2) is 10.2. The second-order valence-electron chi connectivity index (χ2n) is 7.32. The van der Waals surface area contributed by atoms with Crippen LogP contribution in [0.2, 0.25) is 0 Å². The highest BCUT2D eigenvalue weighted by Gasteiger charge is 2.44. The molecule has 1 aromatic carbocycles. The van der Waals surface area contributed by atoms with Crippen LogP contribution in [0.1, 0.15) is 44.6 Å². The zero-order valence-corrected chi connectivity index (χ0v) is 18.8. The van der Waals surface area contributed by atoms with Crippen molar-refractivity contribution in [1.82, 2.24) is 0 Å². The van der Waals surface area contributed by atoms with Gasteiger partial charge in [0.2, 0.25) is 0 Å². The van der Waals surface area contributed by atoms with Crippen molar-refractivity contribution < 1.29 is 23.8 Å². The number of ketones is 1. The van der Waals surface area contributed by atoms with Gasteiger partial charge < -0.3 is 14.2 Å². The van der Waals surface area contributed by atoms with Gasteiger partial charge in [-0.25, -0.2) is 0 Å². The molecule has 0 fully saturated rings. The maximum atomic E-state index is 13.2. The molecule has 0 amide bonds. The number of methoxy groups -OCH3 is 2. The van der Waals surface area contributed by atoms with Crippen LogP contribution in [-0.2, 0) is 14.3 Å². The molecular formula is C23H29NO5S. The molecule has 0 saturated carbocycles. The van der Waals surface area contributed by atoms with Gasteiger partial charge in [-0.3, -0.25) is 14.6 Å². The molecule has 7 heteroatoms. The predicted octanol–water partition coefficient (Wildman–Crippen LogP) is 4.18. The topological polar surface area (TPSA) is 74.2 Å². The largest absolute Gasteiger partial charge is 0.497 e. The van der Waals surface area contributed by atoms with E-state index in [0.29, 0.717) is 35.8 Å². The van der Waals surface area contributed by atoms with Gasteiger partial charge >= 0.3 is 5.97 Å². The van der Waals surface area contributed by atoms with E-state index in [4.69, 9.17) is 14.2 Å². The monoisotopic (exact) mass is 431 g/mol. The maximum absolute atomic E-state index is 13.2. The maximum Gasteiger partial charge on any atom is 0.315 e. The molecule has 30 heavy (non-hydrogen) atoms. The van der Waals surface area contributed by atoms with Crippen molar-refractivity contribution in [1.29, 1.82) is 0 Å². The number of allylic oxidation sites excluding steroid dienone is 2. The lowest BCUT2D eigenvalue weighted by Crippen LogP contribution is -2.37. The molecular weight excluding hydrogens is 402 g/mol. The molecule has 162 valence electrons. The average molecular weight is 432 g/mol. The molecule has 3 rings (SSSR count). The summed E-state index contributed by atoms with van der Waals surface area (Å²) in [6, 6.07) is 5.46. The van der Waals surface area contributed by atoms with E-state index in [1.54, 1.807) is 32.0 Å². The van der Waals surface area contributed by atoms with E-state index >= 15 is 0 Å². The van der Waals surface area contributed by atoms with Gasteiger partial charge in [-0.1, -0.05) is 6.92 Å². The Morgan fingerprint density at radius 3 is 2.73 bits per heavy atom. The van der Waals surface area contributed by atoms with Gasteiger partial charge in [-0.2, -0.15) is 11.8 Å².